The largest absolute Gasteiger partial charge is 0.416 e. The highest BCUT2D eigenvalue weighted by molar-refractivity contribution is 5.96. The molecule has 45 heavy (non-hydrogen) atoms. The van der Waals surface area contributed by atoms with Crippen LogP contribution in [0.15, 0.2) is 115 Å². The molecule has 1 aromatic heterocycles. The van der Waals surface area contributed by atoms with Gasteiger partial charge in [0.05, 0.1) is 22.1 Å². The van der Waals surface area contributed by atoms with Gasteiger partial charge >= 0.3 is 12.4 Å². The number of hydrogen-bond acceptors (Lipinski definition) is 1. The zero-order valence-electron chi connectivity index (χ0n) is 24.4. The lowest BCUT2D eigenvalue weighted by Gasteiger charge is -2.36. The maximum Gasteiger partial charge on any atom is 0.416 e. The molecule has 2 aliphatic carbocycles. The molecular weight excluding hydrogens is 584 g/mol. The minimum atomic E-state index is -4.95. The van der Waals surface area contributed by atoms with Gasteiger partial charge in [-0.25, -0.2) is 0 Å². The van der Waals surface area contributed by atoms with Gasteiger partial charge in [-0.15, -0.1) is 0 Å². The van der Waals surface area contributed by atoms with Gasteiger partial charge in [0.1, 0.15) is 0 Å². The van der Waals surface area contributed by atoms with E-state index < -0.39 is 28.9 Å². The van der Waals surface area contributed by atoms with Gasteiger partial charge < -0.3 is 0 Å². The molecule has 0 amide bonds. The molecule has 0 bridgehead atoms. The van der Waals surface area contributed by atoms with Crippen molar-refractivity contribution in [1.29, 1.82) is 0 Å². The van der Waals surface area contributed by atoms with E-state index in [4.69, 9.17) is 0 Å². The SMILES string of the molecule is Cc1ccnc2cc3c(cc12)-c1ccc(-c2cc(C(F)(F)F)cc(C(F)(F)F)c2)cc1C3(C1=CCC(C)C=C1)c1ccccc1. The lowest BCUT2D eigenvalue weighted by Crippen LogP contribution is -2.30. The Morgan fingerprint density at radius 1 is 0.733 bits per heavy atom. The second kappa shape index (κ2) is 10.2. The molecule has 2 aliphatic rings. The first-order valence-corrected chi connectivity index (χ1v) is 14.7. The molecule has 7 rings (SSSR count). The Balaban J connectivity index is 1.58. The topological polar surface area (TPSA) is 12.9 Å². The van der Waals surface area contributed by atoms with Crippen LogP contribution in [0.5, 0.6) is 0 Å². The Bertz CT molecular complexity index is 2000. The number of benzene rings is 4. The number of nitrogens with zero attached hydrogens (tertiary/aromatic N) is 1. The molecule has 0 saturated carbocycles. The van der Waals surface area contributed by atoms with Crippen LogP contribution in [0, 0.1) is 12.8 Å². The van der Waals surface area contributed by atoms with Crippen molar-refractivity contribution >= 4 is 10.9 Å². The maximum absolute atomic E-state index is 13.9. The van der Waals surface area contributed by atoms with Crippen LogP contribution < -0.4 is 0 Å². The lowest BCUT2D eigenvalue weighted by atomic mass is 9.65. The number of hydrogen-bond donors (Lipinski definition) is 0. The molecule has 4 aromatic carbocycles. The Morgan fingerprint density at radius 2 is 1.42 bits per heavy atom. The van der Waals surface area contributed by atoms with Crippen molar-refractivity contribution in [2.24, 2.45) is 5.92 Å². The van der Waals surface area contributed by atoms with Crippen LogP contribution >= 0.6 is 0 Å². The van der Waals surface area contributed by atoms with Gasteiger partial charge in [0.2, 0.25) is 0 Å². The van der Waals surface area contributed by atoms with E-state index in [0.29, 0.717) is 5.92 Å². The molecule has 0 aliphatic heterocycles. The van der Waals surface area contributed by atoms with Crippen LogP contribution in [-0.4, -0.2) is 4.98 Å². The molecule has 7 heteroatoms. The molecule has 0 spiro atoms. The van der Waals surface area contributed by atoms with Gasteiger partial charge in [0, 0.05) is 11.6 Å². The van der Waals surface area contributed by atoms with Crippen LogP contribution in [0.1, 0.15) is 46.7 Å². The Morgan fingerprint density at radius 3 is 2.07 bits per heavy atom. The Kier molecular flexibility index (Phi) is 6.59. The number of aromatic nitrogens is 1. The quantitative estimate of drug-likeness (QED) is 0.185. The van der Waals surface area contributed by atoms with Crippen molar-refractivity contribution in [1.82, 2.24) is 4.98 Å². The van der Waals surface area contributed by atoms with E-state index in [-0.39, 0.29) is 17.2 Å². The standard InChI is InChI=1S/C38H27F6N/c1-22-8-11-27(12-9-22)36(26-6-4-3-5-7-26)33-18-24(25-16-28(37(39,40)41)19-29(17-25)38(42,43)44)10-13-30(33)32-20-31-23(2)14-15-45-35(31)21-34(32)36/h3-8,10-22H,9H2,1-2H3. The van der Waals surface area contributed by atoms with E-state index in [0.717, 1.165) is 68.4 Å². The van der Waals surface area contributed by atoms with Gasteiger partial charge in [-0.2, -0.15) is 26.3 Å². The first-order valence-electron chi connectivity index (χ1n) is 14.7. The molecule has 1 heterocycles. The summed E-state index contributed by atoms with van der Waals surface area (Å²) in [6.45, 7) is 4.14. The molecule has 5 aromatic rings. The van der Waals surface area contributed by atoms with Crippen molar-refractivity contribution in [3.63, 3.8) is 0 Å². The fraction of sp³-hybridized carbons (Fsp3) is 0.184. The third-order valence-corrected chi connectivity index (χ3v) is 9.09. The molecule has 0 N–H and O–H groups in total. The van der Waals surface area contributed by atoms with Crippen molar-refractivity contribution < 1.29 is 26.3 Å². The summed E-state index contributed by atoms with van der Waals surface area (Å²) in [7, 11) is 0. The highest BCUT2D eigenvalue weighted by Gasteiger charge is 2.47. The summed E-state index contributed by atoms with van der Waals surface area (Å²) in [4.78, 5) is 4.68. The van der Waals surface area contributed by atoms with Crippen molar-refractivity contribution in [3.8, 4) is 22.3 Å². The van der Waals surface area contributed by atoms with Gasteiger partial charge in [-0.1, -0.05) is 67.6 Å². The number of alkyl halides is 6. The summed E-state index contributed by atoms with van der Waals surface area (Å²) in [5, 5.41) is 0.977. The Labute approximate surface area is 256 Å². The number of fused-ring (bicyclic) bond motifs is 4. The zero-order valence-corrected chi connectivity index (χ0v) is 24.4. The minimum Gasteiger partial charge on any atom is -0.256 e. The summed E-state index contributed by atoms with van der Waals surface area (Å²) in [6, 6.07) is 23.0. The molecule has 1 nitrogen and oxygen atoms in total. The molecule has 226 valence electrons. The second-order valence-electron chi connectivity index (χ2n) is 11.9. The highest BCUT2D eigenvalue weighted by atomic mass is 19.4. The third-order valence-electron chi connectivity index (χ3n) is 9.09. The summed E-state index contributed by atoms with van der Waals surface area (Å²) in [5.41, 5.74) is 3.94. The van der Waals surface area contributed by atoms with Crippen molar-refractivity contribution in [3.05, 3.63) is 148 Å². The molecular formula is C38H27F6N. The smallest absolute Gasteiger partial charge is 0.256 e. The van der Waals surface area contributed by atoms with Gasteiger partial charge in [0.25, 0.3) is 0 Å². The van der Waals surface area contributed by atoms with Crippen LogP contribution in [-0.2, 0) is 17.8 Å². The van der Waals surface area contributed by atoms with Gasteiger partial charge in [-0.3, -0.25) is 4.98 Å². The third kappa shape index (κ3) is 4.68. The van der Waals surface area contributed by atoms with E-state index in [1.165, 1.54) is 0 Å². The average Bonchev–Trinajstić information content (AvgIpc) is 3.29. The molecule has 0 radical (unpaired) electrons. The predicted octanol–water partition coefficient (Wildman–Crippen LogP) is 11.1. The number of allylic oxidation sites excluding steroid dienone is 4. The monoisotopic (exact) mass is 611 g/mol. The van der Waals surface area contributed by atoms with Crippen molar-refractivity contribution in [2.45, 2.75) is 38.0 Å². The maximum atomic E-state index is 13.9. The first-order chi connectivity index (χ1) is 21.4. The van der Waals surface area contributed by atoms with Gasteiger partial charge in [0.15, 0.2) is 0 Å². The van der Waals surface area contributed by atoms with E-state index in [9.17, 15) is 26.3 Å². The van der Waals surface area contributed by atoms with Crippen molar-refractivity contribution in [2.75, 3.05) is 0 Å². The lowest BCUT2D eigenvalue weighted by molar-refractivity contribution is -0.143. The van der Waals surface area contributed by atoms with Crippen LogP contribution in [0.4, 0.5) is 26.3 Å². The van der Waals surface area contributed by atoms with Crippen LogP contribution in [0.2, 0.25) is 0 Å². The molecule has 0 saturated heterocycles. The number of pyridine rings is 1. The highest BCUT2D eigenvalue weighted by Crippen LogP contribution is 2.58. The fourth-order valence-electron chi connectivity index (χ4n) is 6.88. The second-order valence-corrected chi connectivity index (χ2v) is 11.9. The minimum absolute atomic E-state index is 0.151. The zero-order chi connectivity index (χ0) is 31.7. The normalized spacial score (nSPS) is 19.4. The number of rotatable bonds is 3. The summed E-state index contributed by atoms with van der Waals surface area (Å²) >= 11 is 0. The summed E-state index contributed by atoms with van der Waals surface area (Å²) < 4.78 is 83.1. The van der Waals surface area contributed by atoms with E-state index >= 15 is 0 Å². The molecule has 2 atom stereocenters. The van der Waals surface area contributed by atoms with Crippen LogP contribution in [0.25, 0.3) is 33.2 Å². The average molecular weight is 612 g/mol. The number of halogens is 6. The number of aryl methyl sites for hydroxylation is 1. The molecule has 2 unspecified atom stereocenters. The first kappa shape index (κ1) is 29.1. The molecule has 0 fully saturated rings. The Hall–Kier alpha value is -4.65. The van der Waals surface area contributed by atoms with E-state index in [2.05, 4.69) is 42.3 Å². The summed E-state index contributed by atoms with van der Waals surface area (Å²) in [6.07, 6.45) is -0.893. The van der Waals surface area contributed by atoms with E-state index in [1.54, 1.807) is 18.3 Å². The fourth-order valence-corrected chi connectivity index (χ4v) is 6.88. The predicted molar refractivity (Wildman–Crippen MR) is 165 cm³/mol. The van der Waals surface area contributed by atoms with Gasteiger partial charge in [-0.05, 0) is 112 Å². The van der Waals surface area contributed by atoms with E-state index in [1.807, 2.05) is 49.4 Å². The summed E-state index contributed by atoms with van der Waals surface area (Å²) in [5.74, 6) is 0.320. The van der Waals surface area contributed by atoms with Crippen LogP contribution in [0.3, 0.4) is 0 Å².